The summed E-state index contributed by atoms with van der Waals surface area (Å²) in [5, 5.41) is 0.544. The van der Waals surface area contributed by atoms with Crippen molar-refractivity contribution >= 4 is 16.8 Å². The molecule has 4 rings (SSSR count). The summed E-state index contributed by atoms with van der Waals surface area (Å²) in [5.41, 5.74) is 3.85. The first-order valence-corrected chi connectivity index (χ1v) is 12.3. The first-order valence-electron chi connectivity index (χ1n) is 12.3. The van der Waals surface area contributed by atoms with E-state index in [0.29, 0.717) is 34.6 Å². The molecule has 0 aliphatic heterocycles. The average molecular weight is 484 g/mol. The van der Waals surface area contributed by atoms with Gasteiger partial charge in [-0.3, -0.25) is 14.2 Å². The summed E-state index contributed by atoms with van der Waals surface area (Å²) in [4.78, 5) is 34.4. The molecule has 0 N–H and O–H groups in total. The van der Waals surface area contributed by atoms with E-state index >= 15 is 0 Å². The van der Waals surface area contributed by atoms with Gasteiger partial charge in [-0.25, -0.2) is 4.98 Å². The maximum atomic E-state index is 13.9. The van der Waals surface area contributed by atoms with Gasteiger partial charge < -0.3 is 9.64 Å². The Morgan fingerprint density at radius 1 is 1.00 bits per heavy atom. The van der Waals surface area contributed by atoms with Gasteiger partial charge in [0.05, 0.1) is 29.7 Å². The Kier molecular flexibility index (Phi) is 7.25. The minimum Gasteiger partial charge on any atom is -0.497 e. The number of aryl methyl sites for hydroxylation is 2. The fourth-order valence-electron chi connectivity index (χ4n) is 4.59. The minimum absolute atomic E-state index is 0.135. The molecule has 6 nitrogen and oxygen atoms in total. The van der Waals surface area contributed by atoms with Crippen LogP contribution in [0.5, 0.6) is 5.75 Å². The van der Waals surface area contributed by atoms with Crippen molar-refractivity contribution in [2.24, 2.45) is 5.92 Å². The molecule has 1 heterocycles. The number of rotatable bonds is 7. The lowest BCUT2D eigenvalue weighted by Crippen LogP contribution is -2.39. The lowest BCUT2D eigenvalue weighted by Gasteiger charge is -2.32. The first-order chi connectivity index (χ1) is 17.2. The summed E-state index contributed by atoms with van der Waals surface area (Å²) in [7, 11) is 1.58. The van der Waals surface area contributed by atoms with Gasteiger partial charge in [0, 0.05) is 12.1 Å². The van der Waals surface area contributed by atoms with Gasteiger partial charge in [-0.1, -0.05) is 49.7 Å². The maximum absolute atomic E-state index is 13.9. The summed E-state index contributed by atoms with van der Waals surface area (Å²) in [6, 6.07) is 20.0. The zero-order chi connectivity index (χ0) is 26.0. The second kappa shape index (κ2) is 10.4. The summed E-state index contributed by atoms with van der Waals surface area (Å²) < 4.78 is 7.02. The molecule has 6 heteroatoms. The van der Waals surface area contributed by atoms with Crippen LogP contribution < -0.4 is 10.3 Å². The van der Waals surface area contributed by atoms with Crippen LogP contribution >= 0.6 is 0 Å². The Labute approximate surface area is 212 Å². The molecule has 4 aromatic rings. The monoisotopic (exact) mass is 483 g/mol. The number of carbonyl (C=O) groups is 1. The highest BCUT2D eigenvalue weighted by molar-refractivity contribution is 5.95. The fourth-order valence-corrected chi connectivity index (χ4v) is 4.59. The normalized spacial score (nSPS) is 12.1. The Hall–Kier alpha value is -3.93. The number of methoxy groups -OCH3 is 1. The number of nitrogens with zero attached hydrogens (tertiary/aromatic N) is 3. The Morgan fingerprint density at radius 3 is 2.44 bits per heavy atom. The van der Waals surface area contributed by atoms with Crippen LogP contribution in [0.4, 0.5) is 0 Å². The van der Waals surface area contributed by atoms with E-state index in [9.17, 15) is 9.59 Å². The highest BCUT2D eigenvalue weighted by Gasteiger charge is 2.28. The predicted molar refractivity (Wildman–Crippen MR) is 144 cm³/mol. The summed E-state index contributed by atoms with van der Waals surface area (Å²) >= 11 is 0. The van der Waals surface area contributed by atoms with Gasteiger partial charge >= 0.3 is 0 Å². The van der Waals surface area contributed by atoms with Crippen molar-refractivity contribution in [1.29, 1.82) is 0 Å². The van der Waals surface area contributed by atoms with Crippen molar-refractivity contribution < 1.29 is 9.53 Å². The Balaban J connectivity index is 1.93. The van der Waals surface area contributed by atoms with Crippen molar-refractivity contribution in [3.63, 3.8) is 0 Å². The molecule has 1 aromatic heterocycles. The van der Waals surface area contributed by atoms with Crippen LogP contribution in [0, 0.1) is 19.8 Å². The molecular weight excluding hydrogens is 450 g/mol. The van der Waals surface area contributed by atoms with Crippen molar-refractivity contribution in [2.45, 2.75) is 40.7 Å². The molecule has 1 unspecified atom stereocenters. The molecule has 1 atom stereocenters. The Bertz CT molecular complexity index is 1470. The molecule has 0 saturated carbocycles. The summed E-state index contributed by atoms with van der Waals surface area (Å²) in [6.45, 7) is 10.6. The van der Waals surface area contributed by atoms with E-state index in [1.54, 1.807) is 34.8 Å². The molecule has 186 valence electrons. The molecule has 0 spiro atoms. The van der Waals surface area contributed by atoms with Gasteiger partial charge in [-0.05, 0) is 68.7 Å². The number of hydrogen-bond donors (Lipinski definition) is 0. The molecule has 0 saturated heterocycles. The lowest BCUT2D eigenvalue weighted by molar-refractivity contribution is 0.0654. The van der Waals surface area contributed by atoms with E-state index in [0.717, 1.165) is 16.8 Å². The highest BCUT2D eigenvalue weighted by Crippen LogP contribution is 2.27. The smallest absolute Gasteiger partial charge is 0.266 e. The van der Waals surface area contributed by atoms with Crippen molar-refractivity contribution in [1.82, 2.24) is 14.5 Å². The number of para-hydroxylation sites is 1. The molecule has 0 aliphatic carbocycles. The van der Waals surface area contributed by atoms with Crippen molar-refractivity contribution in [3.05, 3.63) is 99.6 Å². The molecule has 3 aromatic carbocycles. The predicted octanol–water partition coefficient (Wildman–Crippen LogP) is 5.87. The van der Waals surface area contributed by atoms with Crippen LogP contribution in [0.15, 0.2) is 71.5 Å². The van der Waals surface area contributed by atoms with Crippen LogP contribution in [-0.4, -0.2) is 34.0 Å². The quantitative estimate of drug-likeness (QED) is 0.330. The van der Waals surface area contributed by atoms with Crippen LogP contribution in [0.3, 0.4) is 0 Å². The zero-order valence-corrected chi connectivity index (χ0v) is 21.8. The van der Waals surface area contributed by atoms with Gasteiger partial charge in [0.2, 0.25) is 0 Å². The molecule has 1 amide bonds. The number of amides is 1. The van der Waals surface area contributed by atoms with Crippen molar-refractivity contribution in [3.8, 4) is 11.4 Å². The number of aromatic nitrogens is 2. The van der Waals surface area contributed by atoms with Crippen LogP contribution in [0.1, 0.15) is 54.1 Å². The molecule has 0 fully saturated rings. The number of benzene rings is 3. The van der Waals surface area contributed by atoms with Gasteiger partial charge in [-0.2, -0.15) is 0 Å². The van der Waals surface area contributed by atoms with Crippen LogP contribution in [0.2, 0.25) is 0 Å². The van der Waals surface area contributed by atoms with E-state index < -0.39 is 6.04 Å². The number of hydrogen-bond acceptors (Lipinski definition) is 4. The van der Waals surface area contributed by atoms with E-state index in [-0.39, 0.29) is 17.4 Å². The maximum Gasteiger partial charge on any atom is 0.266 e. The number of fused-ring (bicyclic) bond motifs is 1. The van der Waals surface area contributed by atoms with E-state index in [1.807, 2.05) is 63.2 Å². The van der Waals surface area contributed by atoms with Gasteiger partial charge in [0.25, 0.3) is 11.5 Å². The number of ether oxygens (including phenoxy) is 1. The average Bonchev–Trinajstić information content (AvgIpc) is 2.87. The largest absolute Gasteiger partial charge is 0.497 e. The Morgan fingerprint density at radius 2 is 1.75 bits per heavy atom. The summed E-state index contributed by atoms with van der Waals surface area (Å²) in [6.07, 6.45) is 0. The molecule has 36 heavy (non-hydrogen) atoms. The molecule has 0 radical (unpaired) electrons. The first kappa shape index (κ1) is 25.2. The topological polar surface area (TPSA) is 64.4 Å². The third-order valence-corrected chi connectivity index (χ3v) is 6.38. The van der Waals surface area contributed by atoms with Crippen LogP contribution in [-0.2, 0) is 0 Å². The summed E-state index contributed by atoms with van der Waals surface area (Å²) in [5.74, 6) is 1.23. The lowest BCUT2D eigenvalue weighted by atomic mass is 10.1. The third-order valence-electron chi connectivity index (χ3n) is 6.38. The molecular formula is C30H33N3O3. The van der Waals surface area contributed by atoms with Gasteiger partial charge in [0.15, 0.2) is 0 Å². The van der Waals surface area contributed by atoms with Crippen molar-refractivity contribution in [2.75, 3.05) is 13.7 Å². The van der Waals surface area contributed by atoms with Crippen LogP contribution in [0.25, 0.3) is 16.6 Å². The SMILES string of the molecule is COc1cccc(C(=O)N(CC(C)C)C(C)c2nc3ccccc3c(=O)n2-c2ccc(C)cc2C)c1. The van der Waals surface area contributed by atoms with E-state index in [2.05, 4.69) is 19.9 Å². The fraction of sp³-hybridized carbons (Fsp3) is 0.300. The van der Waals surface area contributed by atoms with E-state index in [1.165, 1.54) is 0 Å². The van der Waals surface area contributed by atoms with Gasteiger partial charge in [-0.15, -0.1) is 0 Å². The minimum atomic E-state index is -0.468. The second-order valence-electron chi connectivity index (χ2n) is 9.68. The number of carbonyl (C=O) groups excluding carboxylic acids is 1. The van der Waals surface area contributed by atoms with Gasteiger partial charge in [0.1, 0.15) is 11.6 Å². The highest BCUT2D eigenvalue weighted by atomic mass is 16.5. The molecule has 0 aliphatic rings. The third kappa shape index (κ3) is 4.89. The zero-order valence-electron chi connectivity index (χ0n) is 21.8. The second-order valence-corrected chi connectivity index (χ2v) is 9.68. The standard InChI is InChI=1S/C30H33N3O3/c1-19(2)18-32(29(34)23-10-9-11-24(17-23)36-6)22(5)28-31-26-13-8-7-12-25(26)30(35)33(28)27-15-14-20(3)16-21(27)4/h7-17,19,22H,18H2,1-6H3. The van der Waals surface area contributed by atoms with E-state index in [4.69, 9.17) is 9.72 Å². The molecule has 0 bridgehead atoms.